The molecule has 1 N–H and O–H groups in total. The second-order valence-electron chi connectivity index (χ2n) is 4.03. The van der Waals surface area contributed by atoms with E-state index < -0.39 is 0 Å². The summed E-state index contributed by atoms with van der Waals surface area (Å²) in [5, 5.41) is 6.26. The van der Waals surface area contributed by atoms with Crippen LogP contribution < -0.4 is 10.2 Å². The molecule has 0 spiro atoms. The molecule has 0 saturated heterocycles. The van der Waals surface area contributed by atoms with Crippen LogP contribution in [0.2, 0.25) is 0 Å². The van der Waals surface area contributed by atoms with Gasteiger partial charge in [-0.3, -0.25) is 0 Å². The Hall–Kier alpha value is -0.690. The van der Waals surface area contributed by atoms with Crippen molar-refractivity contribution in [3.05, 3.63) is 11.1 Å². The third kappa shape index (κ3) is 6.33. The molecule has 0 aliphatic carbocycles. The summed E-state index contributed by atoms with van der Waals surface area (Å²) in [5.74, 6) is 0. The maximum atomic E-state index is 5.43. The van der Waals surface area contributed by atoms with Gasteiger partial charge in [0.1, 0.15) is 0 Å². The summed E-state index contributed by atoms with van der Waals surface area (Å²) in [5.41, 5.74) is 1.08. The lowest BCUT2D eigenvalue weighted by atomic mass is 10.5. The molecule has 19 heavy (non-hydrogen) atoms. The van der Waals surface area contributed by atoms with Crippen LogP contribution in [0.25, 0.3) is 0 Å². The van der Waals surface area contributed by atoms with E-state index in [4.69, 9.17) is 9.47 Å². The zero-order valence-corrected chi connectivity index (χ0v) is 13.0. The first-order valence-electron chi connectivity index (χ1n) is 6.81. The third-order valence-electron chi connectivity index (χ3n) is 2.59. The molecule has 0 aliphatic rings. The Morgan fingerprint density at radius 3 is 2.37 bits per heavy atom. The van der Waals surface area contributed by atoms with Gasteiger partial charge in [0, 0.05) is 38.2 Å². The highest BCUT2D eigenvalue weighted by molar-refractivity contribution is 7.13. The van der Waals surface area contributed by atoms with Gasteiger partial charge in [0.15, 0.2) is 5.13 Å². The van der Waals surface area contributed by atoms with Gasteiger partial charge in [-0.1, -0.05) is 0 Å². The van der Waals surface area contributed by atoms with Gasteiger partial charge in [-0.25, -0.2) is 4.98 Å². The van der Waals surface area contributed by atoms with Gasteiger partial charge in [0.2, 0.25) is 0 Å². The number of thiazole rings is 1. The molecule has 0 amide bonds. The molecule has 1 heterocycles. The Morgan fingerprint density at radius 1 is 1.21 bits per heavy atom. The molecule has 0 aliphatic heterocycles. The van der Waals surface area contributed by atoms with E-state index in [-0.39, 0.29) is 0 Å². The molecule has 0 saturated carbocycles. The lowest BCUT2D eigenvalue weighted by Crippen LogP contribution is -2.31. The smallest absolute Gasteiger partial charge is 0.185 e. The Morgan fingerprint density at radius 2 is 1.84 bits per heavy atom. The van der Waals surface area contributed by atoms with E-state index in [1.165, 1.54) is 0 Å². The zero-order valence-electron chi connectivity index (χ0n) is 12.1. The summed E-state index contributed by atoms with van der Waals surface area (Å²) >= 11 is 1.68. The predicted molar refractivity (Wildman–Crippen MR) is 80.1 cm³/mol. The number of anilines is 1. The van der Waals surface area contributed by atoms with Crippen LogP contribution >= 0.6 is 11.3 Å². The molecule has 6 heteroatoms. The summed E-state index contributed by atoms with van der Waals surface area (Å²) in [6, 6.07) is 0. The number of nitrogens with one attached hydrogen (secondary N) is 1. The standard InChI is InChI=1S/C13H25N3O2S/c1-4-17-8-6-16(7-9-18-5-2)13-15-12(10-14-3)11-19-13/h11,14H,4-10H2,1-3H3. The van der Waals surface area contributed by atoms with Crippen LogP contribution in [0.1, 0.15) is 19.5 Å². The van der Waals surface area contributed by atoms with E-state index in [0.717, 1.165) is 56.9 Å². The highest BCUT2D eigenvalue weighted by atomic mass is 32.1. The summed E-state index contributed by atoms with van der Waals surface area (Å²) in [4.78, 5) is 6.86. The Balaban J connectivity index is 2.53. The highest BCUT2D eigenvalue weighted by Gasteiger charge is 2.11. The SMILES string of the molecule is CCOCCN(CCOCC)c1nc(CNC)cs1. The van der Waals surface area contributed by atoms with E-state index in [9.17, 15) is 0 Å². The van der Waals surface area contributed by atoms with Crippen molar-refractivity contribution in [1.82, 2.24) is 10.3 Å². The van der Waals surface area contributed by atoms with Crippen LogP contribution in [0.5, 0.6) is 0 Å². The van der Waals surface area contributed by atoms with E-state index in [2.05, 4.69) is 20.6 Å². The Labute approximate surface area is 119 Å². The molecule has 0 unspecified atom stereocenters. The molecule has 0 radical (unpaired) electrons. The largest absolute Gasteiger partial charge is 0.380 e. The van der Waals surface area contributed by atoms with Gasteiger partial charge in [0.05, 0.1) is 18.9 Å². The fraction of sp³-hybridized carbons (Fsp3) is 0.769. The van der Waals surface area contributed by atoms with Crippen molar-refractivity contribution in [1.29, 1.82) is 0 Å². The first-order valence-corrected chi connectivity index (χ1v) is 7.69. The minimum Gasteiger partial charge on any atom is -0.380 e. The normalized spacial score (nSPS) is 10.9. The molecule has 0 bridgehead atoms. The van der Waals surface area contributed by atoms with Crippen molar-refractivity contribution >= 4 is 16.5 Å². The van der Waals surface area contributed by atoms with Gasteiger partial charge in [-0.15, -0.1) is 11.3 Å². The van der Waals surface area contributed by atoms with Crippen LogP contribution in [0.15, 0.2) is 5.38 Å². The zero-order chi connectivity index (χ0) is 13.9. The van der Waals surface area contributed by atoms with Crippen molar-refractivity contribution in [3.8, 4) is 0 Å². The summed E-state index contributed by atoms with van der Waals surface area (Å²) in [6.45, 7) is 9.50. The topological polar surface area (TPSA) is 46.6 Å². The fourth-order valence-corrected chi connectivity index (χ4v) is 2.52. The average molecular weight is 287 g/mol. The number of rotatable bonds is 11. The van der Waals surface area contributed by atoms with E-state index in [1.54, 1.807) is 11.3 Å². The van der Waals surface area contributed by atoms with Gasteiger partial charge >= 0.3 is 0 Å². The van der Waals surface area contributed by atoms with Crippen LogP contribution in [-0.4, -0.2) is 51.5 Å². The number of ether oxygens (including phenoxy) is 2. The van der Waals surface area contributed by atoms with Gasteiger partial charge < -0.3 is 19.7 Å². The minimum atomic E-state index is 0.726. The van der Waals surface area contributed by atoms with Crippen molar-refractivity contribution in [2.45, 2.75) is 20.4 Å². The third-order valence-corrected chi connectivity index (χ3v) is 3.54. The van der Waals surface area contributed by atoms with E-state index >= 15 is 0 Å². The molecule has 0 fully saturated rings. The van der Waals surface area contributed by atoms with Gasteiger partial charge in [0.25, 0.3) is 0 Å². The number of nitrogens with zero attached hydrogens (tertiary/aromatic N) is 2. The van der Waals surface area contributed by atoms with Crippen LogP contribution in [-0.2, 0) is 16.0 Å². The molecular weight excluding hydrogens is 262 g/mol. The van der Waals surface area contributed by atoms with E-state index in [1.807, 2.05) is 20.9 Å². The molecule has 1 aromatic heterocycles. The second kappa shape index (κ2) is 10.1. The van der Waals surface area contributed by atoms with Gasteiger partial charge in [-0.2, -0.15) is 0 Å². The predicted octanol–water partition coefficient (Wildman–Crippen LogP) is 1.74. The molecule has 1 rings (SSSR count). The Kier molecular flexibility index (Phi) is 8.73. The summed E-state index contributed by atoms with van der Waals surface area (Å²) < 4.78 is 10.9. The summed E-state index contributed by atoms with van der Waals surface area (Å²) in [7, 11) is 1.93. The molecule has 1 aromatic rings. The molecule has 0 aromatic carbocycles. The van der Waals surface area contributed by atoms with Crippen molar-refractivity contribution in [3.63, 3.8) is 0 Å². The Bertz CT molecular complexity index is 323. The first-order chi connectivity index (χ1) is 9.31. The fourth-order valence-electron chi connectivity index (χ4n) is 1.65. The van der Waals surface area contributed by atoms with Gasteiger partial charge in [-0.05, 0) is 20.9 Å². The van der Waals surface area contributed by atoms with Crippen molar-refractivity contribution in [2.24, 2.45) is 0 Å². The number of hydrogen-bond donors (Lipinski definition) is 1. The van der Waals surface area contributed by atoms with Crippen molar-refractivity contribution < 1.29 is 9.47 Å². The monoisotopic (exact) mass is 287 g/mol. The maximum absolute atomic E-state index is 5.43. The van der Waals surface area contributed by atoms with Crippen LogP contribution in [0, 0.1) is 0 Å². The average Bonchev–Trinajstić information content (AvgIpc) is 2.86. The maximum Gasteiger partial charge on any atom is 0.185 e. The highest BCUT2D eigenvalue weighted by Crippen LogP contribution is 2.20. The molecule has 0 atom stereocenters. The van der Waals surface area contributed by atoms with Crippen LogP contribution in [0.3, 0.4) is 0 Å². The lowest BCUT2D eigenvalue weighted by molar-refractivity contribution is 0.141. The molecule has 5 nitrogen and oxygen atoms in total. The van der Waals surface area contributed by atoms with Crippen molar-refractivity contribution in [2.75, 3.05) is 51.5 Å². The first kappa shape index (κ1) is 16.4. The molecular formula is C13H25N3O2S. The quantitative estimate of drug-likeness (QED) is 0.628. The number of hydrogen-bond acceptors (Lipinski definition) is 6. The summed E-state index contributed by atoms with van der Waals surface area (Å²) in [6.07, 6.45) is 0. The lowest BCUT2D eigenvalue weighted by Gasteiger charge is -2.21. The second-order valence-corrected chi connectivity index (χ2v) is 4.87. The number of aromatic nitrogens is 1. The van der Waals surface area contributed by atoms with E-state index in [0.29, 0.717) is 0 Å². The van der Waals surface area contributed by atoms with Crippen LogP contribution in [0.4, 0.5) is 5.13 Å². The minimum absolute atomic E-state index is 0.726. The molecule has 110 valence electrons.